The zero-order chi connectivity index (χ0) is 19.1. The largest absolute Gasteiger partial charge is 0.452 e. The van der Waals surface area contributed by atoms with Gasteiger partial charge in [0.2, 0.25) is 5.13 Å². The highest BCUT2D eigenvalue weighted by Crippen LogP contribution is 2.34. The molecule has 142 valence electrons. The van der Waals surface area contributed by atoms with Crippen molar-refractivity contribution in [3.63, 3.8) is 0 Å². The molecule has 0 aliphatic rings. The van der Waals surface area contributed by atoms with Crippen molar-refractivity contribution in [2.45, 2.75) is 11.0 Å². The third kappa shape index (κ3) is 5.34. The van der Waals surface area contributed by atoms with Crippen LogP contribution in [0.3, 0.4) is 0 Å². The van der Waals surface area contributed by atoms with E-state index < -0.39 is 12.7 Å². The average Bonchev–Trinajstić information content (AvgIpc) is 3.17. The van der Waals surface area contributed by atoms with Crippen LogP contribution in [0.5, 0.6) is 11.5 Å². The van der Waals surface area contributed by atoms with Crippen molar-refractivity contribution in [2.24, 2.45) is 0 Å². The predicted octanol–water partition coefficient (Wildman–Crippen LogP) is 1.97. The van der Waals surface area contributed by atoms with Gasteiger partial charge in [0.05, 0.1) is 19.4 Å². The molecule has 0 amide bonds. The number of nitrogens with zero attached hydrogens (tertiary/aromatic N) is 4. The van der Waals surface area contributed by atoms with Crippen LogP contribution in [0.25, 0.3) is 0 Å². The number of aliphatic hydroxyl groups is 3. The summed E-state index contributed by atoms with van der Waals surface area (Å²) in [7, 11) is 0. The smallest absolute Gasteiger partial charge is 0.208 e. The number of anilines is 2. The van der Waals surface area contributed by atoms with Crippen molar-refractivity contribution in [2.75, 3.05) is 24.3 Å². The number of pyridine rings is 2. The Hall–Kier alpha value is -2.31. The fourth-order valence-corrected chi connectivity index (χ4v) is 3.24. The second kappa shape index (κ2) is 9.58. The summed E-state index contributed by atoms with van der Waals surface area (Å²) in [5.74, 6) is 2.08. The van der Waals surface area contributed by atoms with E-state index in [1.165, 1.54) is 11.8 Å². The Morgan fingerprint density at radius 1 is 1.30 bits per heavy atom. The average molecular weight is 407 g/mol. The summed E-state index contributed by atoms with van der Waals surface area (Å²) in [6, 6.07) is 5.33. The highest BCUT2D eigenvalue weighted by molar-refractivity contribution is 7.99. The zero-order valence-electron chi connectivity index (χ0n) is 14.0. The fraction of sp³-hybridized carbons (Fsp3) is 0.250. The van der Waals surface area contributed by atoms with E-state index >= 15 is 0 Å². The Bertz CT molecular complexity index is 865. The van der Waals surface area contributed by atoms with E-state index in [0.717, 1.165) is 16.4 Å². The van der Waals surface area contributed by atoms with Gasteiger partial charge < -0.3 is 25.4 Å². The van der Waals surface area contributed by atoms with Crippen LogP contribution in [0.15, 0.2) is 41.7 Å². The van der Waals surface area contributed by atoms with Gasteiger partial charge in [-0.1, -0.05) is 0 Å². The van der Waals surface area contributed by atoms with Crippen LogP contribution < -0.4 is 10.1 Å². The normalized spacial score (nSPS) is 12.0. The number of rotatable bonds is 9. The number of aliphatic hydroxyl groups excluding tert-OH is 3. The molecule has 4 N–H and O–H groups in total. The van der Waals surface area contributed by atoms with Crippen molar-refractivity contribution < 1.29 is 20.1 Å². The van der Waals surface area contributed by atoms with E-state index in [9.17, 15) is 5.11 Å². The molecule has 0 bridgehead atoms. The number of thioether (sulfide) groups is 1. The Labute approximate surface area is 163 Å². The lowest BCUT2D eigenvalue weighted by Crippen LogP contribution is -2.04. The van der Waals surface area contributed by atoms with E-state index in [1.807, 2.05) is 0 Å². The Kier molecular flexibility index (Phi) is 6.90. The maximum atomic E-state index is 9.61. The number of nitrogens with one attached hydrogen (secondary N) is 1. The van der Waals surface area contributed by atoms with Crippen LogP contribution in [0.2, 0.25) is 0 Å². The number of aromatic nitrogens is 4. The molecule has 0 aliphatic heterocycles. The Morgan fingerprint density at radius 3 is 2.93 bits per heavy atom. The first-order chi connectivity index (χ1) is 13.2. The number of hydrogen-bond donors (Lipinski definition) is 4. The molecular formula is C16H17N5O4S2. The lowest BCUT2D eigenvalue weighted by atomic mass is 10.4. The predicted molar refractivity (Wildman–Crippen MR) is 102 cm³/mol. The van der Waals surface area contributed by atoms with Crippen LogP contribution in [-0.2, 0) is 0 Å². The third-order valence-corrected chi connectivity index (χ3v) is 4.78. The van der Waals surface area contributed by atoms with Gasteiger partial charge in [-0.25, -0.2) is 9.97 Å². The van der Waals surface area contributed by atoms with Gasteiger partial charge in [0.25, 0.3) is 0 Å². The van der Waals surface area contributed by atoms with Crippen molar-refractivity contribution in [1.29, 1.82) is 0 Å². The molecule has 0 fully saturated rings. The van der Waals surface area contributed by atoms with E-state index in [4.69, 9.17) is 14.9 Å². The molecule has 0 radical (unpaired) electrons. The summed E-state index contributed by atoms with van der Waals surface area (Å²) >= 11 is 2.48. The van der Waals surface area contributed by atoms with E-state index in [-0.39, 0.29) is 12.4 Å². The van der Waals surface area contributed by atoms with Gasteiger partial charge in [-0.2, -0.15) is 4.37 Å². The molecule has 3 aromatic rings. The van der Waals surface area contributed by atoms with Gasteiger partial charge in [0.1, 0.15) is 11.9 Å². The van der Waals surface area contributed by atoms with Gasteiger partial charge >= 0.3 is 0 Å². The third-order valence-electron chi connectivity index (χ3n) is 3.19. The van der Waals surface area contributed by atoms with Gasteiger partial charge in [0.15, 0.2) is 17.4 Å². The van der Waals surface area contributed by atoms with Crippen LogP contribution in [0.1, 0.15) is 11.9 Å². The monoisotopic (exact) mass is 407 g/mol. The second-order valence-corrected chi connectivity index (χ2v) is 7.08. The van der Waals surface area contributed by atoms with Crippen molar-refractivity contribution in [1.82, 2.24) is 19.3 Å². The maximum Gasteiger partial charge on any atom is 0.208 e. The Morgan fingerprint density at radius 2 is 2.19 bits per heavy atom. The van der Waals surface area contributed by atoms with Crippen LogP contribution in [0.4, 0.5) is 10.9 Å². The van der Waals surface area contributed by atoms with Crippen molar-refractivity contribution in [3.8, 4) is 11.5 Å². The van der Waals surface area contributed by atoms with Crippen molar-refractivity contribution in [3.05, 3.63) is 42.6 Å². The van der Waals surface area contributed by atoms with Gasteiger partial charge in [0, 0.05) is 34.6 Å². The highest BCUT2D eigenvalue weighted by atomic mass is 32.2. The first-order valence-corrected chi connectivity index (χ1v) is 9.66. The molecule has 1 unspecified atom stereocenters. The lowest BCUT2D eigenvalue weighted by Gasteiger charge is -2.12. The molecule has 0 saturated heterocycles. The summed E-state index contributed by atoms with van der Waals surface area (Å²) in [6.07, 6.45) is 3.75. The van der Waals surface area contributed by atoms with Crippen molar-refractivity contribution >= 4 is 34.2 Å². The van der Waals surface area contributed by atoms with E-state index in [2.05, 4.69) is 24.6 Å². The van der Waals surface area contributed by atoms with E-state index in [0.29, 0.717) is 28.2 Å². The molecular weight excluding hydrogens is 390 g/mol. The van der Waals surface area contributed by atoms with Crippen LogP contribution >= 0.6 is 23.3 Å². The lowest BCUT2D eigenvalue weighted by molar-refractivity contribution is 0.0897. The summed E-state index contributed by atoms with van der Waals surface area (Å²) < 4.78 is 9.88. The fourth-order valence-electron chi connectivity index (χ4n) is 1.98. The van der Waals surface area contributed by atoms with Gasteiger partial charge in [-0.05, 0) is 18.2 Å². The molecule has 11 heteroatoms. The van der Waals surface area contributed by atoms with Gasteiger partial charge in [-0.3, -0.25) is 4.98 Å². The minimum absolute atomic E-state index is 0.0597. The summed E-state index contributed by atoms with van der Waals surface area (Å²) in [5.41, 5.74) is 0. The molecule has 3 rings (SSSR count). The SMILES string of the molecule is OCCSc1cnc(Nc2nc(C(O)CO)ns2)c(Oc2cccnc2)c1. The van der Waals surface area contributed by atoms with Crippen LogP contribution in [0, 0.1) is 0 Å². The topological polar surface area (TPSA) is 134 Å². The number of hydrogen-bond acceptors (Lipinski definition) is 11. The maximum absolute atomic E-state index is 9.61. The molecule has 27 heavy (non-hydrogen) atoms. The minimum atomic E-state index is -1.13. The molecule has 3 aromatic heterocycles. The summed E-state index contributed by atoms with van der Waals surface area (Å²) in [5, 5.41) is 31.0. The first-order valence-electron chi connectivity index (χ1n) is 7.90. The molecule has 0 saturated carbocycles. The molecule has 0 spiro atoms. The summed E-state index contributed by atoms with van der Waals surface area (Å²) in [4.78, 5) is 13.4. The minimum Gasteiger partial charge on any atom is -0.452 e. The molecule has 0 aromatic carbocycles. The first kappa shape index (κ1) is 19.5. The summed E-state index contributed by atoms with van der Waals surface area (Å²) in [6.45, 7) is -0.398. The molecule has 0 aliphatic carbocycles. The highest BCUT2D eigenvalue weighted by Gasteiger charge is 2.15. The number of ether oxygens (including phenoxy) is 1. The van der Waals surface area contributed by atoms with Gasteiger partial charge in [-0.15, -0.1) is 11.8 Å². The standard InChI is InChI=1S/C16H17N5O4S2/c22-4-5-26-11-6-13(25-10-2-1-3-17-7-10)15(18-8-11)20-16-19-14(21-27-16)12(24)9-23/h1-3,6-8,12,22-24H,4-5,9H2,(H,18,19,20,21). The molecule has 1 atom stereocenters. The Balaban J connectivity index is 1.85. The second-order valence-electron chi connectivity index (χ2n) is 5.16. The van der Waals surface area contributed by atoms with Crippen LogP contribution in [-0.4, -0.2) is 53.6 Å². The van der Waals surface area contributed by atoms with E-state index in [1.54, 1.807) is 36.8 Å². The zero-order valence-corrected chi connectivity index (χ0v) is 15.7. The quantitative estimate of drug-likeness (QED) is 0.390. The molecule has 9 nitrogen and oxygen atoms in total. The molecule has 3 heterocycles.